The van der Waals surface area contributed by atoms with Gasteiger partial charge in [-0.15, -0.1) is 0 Å². The van der Waals surface area contributed by atoms with E-state index in [2.05, 4.69) is 10.4 Å². The van der Waals surface area contributed by atoms with Gasteiger partial charge in [-0.1, -0.05) is 31.7 Å². The molecule has 0 saturated heterocycles. The fourth-order valence-corrected chi connectivity index (χ4v) is 4.50. The molecule has 1 aromatic heterocycles. The molecule has 0 unspecified atom stereocenters. The Morgan fingerprint density at radius 1 is 1.23 bits per heavy atom. The molecule has 0 radical (unpaired) electrons. The largest absolute Gasteiger partial charge is 0.453 e. The second kappa shape index (κ2) is 11.0. The molecule has 1 fully saturated rings. The molecular formula is C24H28F2N4O5. The van der Waals surface area contributed by atoms with Crippen LogP contribution in [-0.4, -0.2) is 62.0 Å². The lowest BCUT2D eigenvalue weighted by atomic mass is 9.96. The van der Waals surface area contributed by atoms with Gasteiger partial charge in [0.25, 0.3) is 5.91 Å². The summed E-state index contributed by atoms with van der Waals surface area (Å²) < 4.78 is 34.8. The molecule has 35 heavy (non-hydrogen) atoms. The van der Waals surface area contributed by atoms with Crippen molar-refractivity contribution in [2.45, 2.75) is 50.8 Å². The van der Waals surface area contributed by atoms with Crippen LogP contribution in [0.25, 0.3) is 0 Å². The number of nitrogens with zero attached hydrogens (tertiary/aromatic N) is 3. The van der Waals surface area contributed by atoms with Gasteiger partial charge in [-0.3, -0.25) is 14.3 Å². The predicted octanol–water partition coefficient (Wildman–Crippen LogP) is 2.21. The molecule has 1 saturated carbocycles. The molecule has 188 valence electrons. The lowest BCUT2D eigenvalue weighted by Crippen LogP contribution is -2.46. The number of rotatable bonds is 10. The van der Waals surface area contributed by atoms with Gasteiger partial charge >= 0.3 is 0 Å². The first-order chi connectivity index (χ1) is 16.8. The van der Waals surface area contributed by atoms with Crippen molar-refractivity contribution in [3.05, 3.63) is 53.9 Å². The van der Waals surface area contributed by atoms with Crippen molar-refractivity contribution < 1.29 is 33.3 Å². The molecular weight excluding hydrogens is 462 g/mol. The van der Waals surface area contributed by atoms with Crippen LogP contribution >= 0.6 is 0 Å². The maximum Gasteiger partial charge on any atom is 0.251 e. The van der Waals surface area contributed by atoms with Gasteiger partial charge in [0.05, 0.1) is 25.8 Å². The van der Waals surface area contributed by atoms with E-state index in [1.807, 2.05) is 0 Å². The minimum absolute atomic E-state index is 0.0468. The molecule has 4 rings (SSSR count). The van der Waals surface area contributed by atoms with Crippen LogP contribution in [-0.2, 0) is 16.1 Å². The first-order valence-electron chi connectivity index (χ1n) is 11.6. The monoisotopic (exact) mass is 490 g/mol. The van der Waals surface area contributed by atoms with Crippen molar-refractivity contribution in [3.8, 4) is 5.75 Å². The van der Waals surface area contributed by atoms with Gasteiger partial charge < -0.3 is 25.2 Å². The number of aliphatic hydroxyl groups excluding tert-OH is 2. The molecule has 0 bridgehead atoms. The third-order valence-electron chi connectivity index (χ3n) is 6.26. The van der Waals surface area contributed by atoms with Crippen LogP contribution in [0.5, 0.6) is 5.75 Å². The Balaban J connectivity index is 1.47. The van der Waals surface area contributed by atoms with Crippen LogP contribution in [0.15, 0.2) is 42.3 Å². The molecule has 2 amide bonds. The van der Waals surface area contributed by atoms with Crippen molar-refractivity contribution in [2.75, 3.05) is 18.5 Å². The summed E-state index contributed by atoms with van der Waals surface area (Å²) in [6, 6.07) is 4.05. The SMILES string of the molecule is O=C(Nc1ccn(C[C@@H](O)CO)n1)[C@H](CC1CCCC1)N1CC(Oc2c(F)cccc2F)=CC1=O. The normalized spacial score (nSPS) is 18.0. The Morgan fingerprint density at radius 2 is 1.94 bits per heavy atom. The van der Waals surface area contributed by atoms with Gasteiger partial charge in [0, 0.05) is 18.3 Å². The van der Waals surface area contributed by atoms with Crippen molar-refractivity contribution in [2.24, 2.45) is 5.92 Å². The number of carbonyl (C=O) groups excluding carboxylic acids is 2. The molecule has 3 N–H and O–H groups in total. The van der Waals surface area contributed by atoms with Crippen LogP contribution < -0.4 is 10.1 Å². The van der Waals surface area contributed by atoms with Gasteiger partial charge in [0.15, 0.2) is 23.2 Å². The minimum atomic E-state index is -0.987. The highest BCUT2D eigenvalue weighted by Gasteiger charge is 2.37. The second-order valence-electron chi connectivity index (χ2n) is 8.88. The summed E-state index contributed by atoms with van der Waals surface area (Å²) in [5, 5.41) is 25.5. The summed E-state index contributed by atoms with van der Waals surface area (Å²) in [7, 11) is 0. The van der Waals surface area contributed by atoms with E-state index in [0.717, 1.165) is 43.9 Å². The van der Waals surface area contributed by atoms with E-state index in [1.165, 1.54) is 15.6 Å². The Hall–Kier alpha value is -3.31. The maximum absolute atomic E-state index is 14.0. The molecule has 2 aliphatic rings. The van der Waals surface area contributed by atoms with Gasteiger partial charge in [0.2, 0.25) is 5.91 Å². The maximum atomic E-state index is 14.0. The van der Waals surface area contributed by atoms with Crippen LogP contribution in [0, 0.1) is 17.6 Å². The summed E-state index contributed by atoms with van der Waals surface area (Å²) in [5.41, 5.74) is 0. The highest BCUT2D eigenvalue weighted by Crippen LogP contribution is 2.32. The Labute approximate surface area is 201 Å². The van der Waals surface area contributed by atoms with Gasteiger partial charge in [0.1, 0.15) is 11.8 Å². The van der Waals surface area contributed by atoms with E-state index < -0.39 is 48.0 Å². The van der Waals surface area contributed by atoms with Gasteiger partial charge in [-0.05, 0) is 24.5 Å². The van der Waals surface area contributed by atoms with Crippen molar-refractivity contribution >= 4 is 17.6 Å². The Kier molecular flexibility index (Phi) is 7.76. The average Bonchev–Trinajstić information content (AvgIpc) is 3.57. The van der Waals surface area contributed by atoms with Gasteiger partial charge in [-0.2, -0.15) is 5.10 Å². The number of amides is 2. The molecule has 1 aliphatic carbocycles. The zero-order valence-electron chi connectivity index (χ0n) is 19.1. The molecule has 9 nitrogen and oxygen atoms in total. The number of aromatic nitrogens is 2. The lowest BCUT2D eigenvalue weighted by molar-refractivity contribution is -0.134. The van der Waals surface area contributed by atoms with E-state index in [0.29, 0.717) is 6.42 Å². The van der Waals surface area contributed by atoms with Crippen LogP contribution in [0.3, 0.4) is 0 Å². The number of hydrogen-bond acceptors (Lipinski definition) is 6. The van der Waals surface area contributed by atoms with E-state index >= 15 is 0 Å². The number of nitrogens with one attached hydrogen (secondary N) is 1. The fourth-order valence-electron chi connectivity index (χ4n) is 4.50. The molecule has 1 aromatic carbocycles. The number of anilines is 1. The number of aliphatic hydroxyl groups is 2. The quantitative estimate of drug-likeness (QED) is 0.470. The molecule has 1 aliphatic heterocycles. The molecule has 2 heterocycles. The third-order valence-corrected chi connectivity index (χ3v) is 6.26. The zero-order valence-corrected chi connectivity index (χ0v) is 19.1. The molecule has 2 atom stereocenters. The van der Waals surface area contributed by atoms with E-state index in [1.54, 1.807) is 12.3 Å². The zero-order chi connectivity index (χ0) is 24.9. The molecule has 0 spiro atoms. The van der Waals surface area contributed by atoms with Crippen LogP contribution in [0.4, 0.5) is 14.6 Å². The Morgan fingerprint density at radius 3 is 2.63 bits per heavy atom. The van der Waals surface area contributed by atoms with Gasteiger partial charge in [-0.25, -0.2) is 8.78 Å². The number of halogens is 2. The summed E-state index contributed by atoms with van der Waals surface area (Å²) in [6.07, 6.45) is 6.18. The van der Waals surface area contributed by atoms with Crippen molar-refractivity contribution in [3.63, 3.8) is 0 Å². The molecule has 2 aromatic rings. The van der Waals surface area contributed by atoms with Crippen molar-refractivity contribution in [1.82, 2.24) is 14.7 Å². The number of hydrogen-bond donors (Lipinski definition) is 3. The first kappa shape index (κ1) is 24.8. The summed E-state index contributed by atoms with van der Waals surface area (Å²) in [4.78, 5) is 27.4. The van der Waals surface area contributed by atoms with Crippen LogP contribution in [0.1, 0.15) is 32.1 Å². The summed E-state index contributed by atoms with van der Waals surface area (Å²) in [5.74, 6) is -2.74. The average molecular weight is 491 g/mol. The van der Waals surface area contributed by atoms with E-state index in [-0.39, 0.29) is 30.6 Å². The highest BCUT2D eigenvalue weighted by molar-refractivity contribution is 5.99. The first-order valence-corrected chi connectivity index (χ1v) is 11.6. The topological polar surface area (TPSA) is 117 Å². The second-order valence-corrected chi connectivity index (χ2v) is 8.88. The fraction of sp³-hybridized carbons (Fsp3) is 0.458. The summed E-state index contributed by atoms with van der Waals surface area (Å²) >= 11 is 0. The highest BCUT2D eigenvalue weighted by atomic mass is 19.1. The molecule has 11 heteroatoms. The number of ether oxygens (including phenoxy) is 1. The lowest BCUT2D eigenvalue weighted by Gasteiger charge is -2.29. The van der Waals surface area contributed by atoms with Crippen molar-refractivity contribution in [1.29, 1.82) is 0 Å². The predicted molar refractivity (Wildman–Crippen MR) is 121 cm³/mol. The van der Waals surface area contributed by atoms with E-state index in [4.69, 9.17) is 9.84 Å². The van der Waals surface area contributed by atoms with Crippen LogP contribution in [0.2, 0.25) is 0 Å². The Bertz CT molecular complexity index is 1080. The third kappa shape index (κ3) is 6.04. The van der Waals surface area contributed by atoms with E-state index in [9.17, 15) is 23.5 Å². The minimum Gasteiger partial charge on any atom is -0.453 e. The summed E-state index contributed by atoms with van der Waals surface area (Å²) in [6.45, 7) is -0.468. The number of carbonyl (C=O) groups is 2. The number of benzene rings is 1. The number of para-hydroxylation sites is 1. The standard InChI is InChI=1S/C24H28F2N4O5/c25-18-6-3-7-19(26)23(18)35-17-11-22(33)30(13-17)20(10-15-4-1-2-5-15)24(34)27-21-8-9-29(28-21)12-16(32)14-31/h3,6-9,11,15-16,20,31-32H,1-2,4-5,10,12-14H2,(H,27,28,34)/t16-,20+/m1/s1. The smallest absolute Gasteiger partial charge is 0.251 e.